The summed E-state index contributed by atoms with van der Waals surface area (Å²) in [6, 6.07) is 5.01. The first-order valence-corrected chi connectivity index (χ1v) is 8.89. The molecule has 1 amide bonds. The molecule has 0 radical (unpaired) electrons. The van der Waals surface area contributed by atoms with Crippen molar-refractivity contribution >= 4 is 25.6 Å². The van der Waals surface area contributed by atoms with Gasteiger partial charge in [-0.05, 0) is 11.6 Å². The molecule has 1 atom stereocenters. The van der Waals surface area contributed by atoms with E-state index in [9.17, 15) is 26.4 Å². The molecule has 9 heteroatoms. The minimum absolute atomic E-state index is 0.0160. The molecule has 0 spiro atoms. The average Bonchev–Trinajstić information content (AvgIpc) is 2.66. The molecule has 4 nitrogen and oxygen atoms in total. The highest BCUT2D eigenvalue weighted by Crippen LogP contribution is 2.33. The van der Waals surface area contributed by atoms with Crippen molar-refractivity contribution < 1.29 is 26.4 Å². The number of hydrogen-bond acceptors (Lipinski definition) is 3. The zero-order valence-corrected chi connectivity index (χ0v) is 12.9. The second-order valence-electron chi connectivity index (χ2n) is 5.20. The predicted molar refractivity (Wildman–Crippen MR) is 74.6 cm³/mol. The lowest BCUT2D eigenvalue weighted by molar-refractivity contribution is -0.139. The fraction of sp³-hybridized carbons (Fsp3) is 0.462. The van der Waals surface area contributed by atoms with Crippen molar-refractivity contribution in [1.29, 1.82) is 0 Å². The Bertz CT molecular complexity index is 675. The normalized spacial score (nSPS) is 19.7. The number of hydrogen-bond donors (Lipinski definition) is 0. The molecule has 2 rings (SSSR count). The lowest BCUT2D eigenvalue weighted by Crippen LogP contribution is -2.26. The fourth-order valence-electron chi connectivity index (χ4n) is 2.54. The topological polar surface area (TPSA) is 54.5 Å². The highest BCUT2D eigenvalue weighted by Gasteiger charge is 2.36. The van der Waals surface area contributed by atoms with Crippen LogP contribution in [0.15, 0.2) is 24.3 Å². The first-order chi connectivity index (χ1) is 10.1. The summed E-state index contributed by atoms with van der Waals surface area (Å²) in [5.41, 5.74) is -0.811. The number of benzene rings is 1. The largest absolute Gasteiger partial charge is 0.416 e. The average molecular weight is 356 g/mol. The van der Waals surface area contributed by atoms with Crippen LogP contribution in [0, 0.1) is 5.92 Å². The van der Waals surface area contributed by atoms with E-state index in [-0.39, 0.29) is 36.7 Å². The van der Waals surface area contributed by atoms with Crippen molar-refractivity contribution in [2.75, 3.05) is 12.3 Å². The SMILES string of the molecule is O=C1CC(CS(=O)(=O)Cl)CN1Cc1ccccc1C(F)(F)F. The molecule has 122 valence electrons. The smallest absolute Gasteiger partial charge is 0.338 e. The number of halogens is 4. The van der Waals surface area contributed by atoms with Gasteiger partial charge in [-0.1, -0.05) is 18.2 Å². The molecule has 1 heterocycles. The van der Waals surface area contributed by atoms with Crippen LogP contribution in [0.1, 0.15) is 17.5 Å². The van der Waals surface area contributed by atoms with Crippen LogP contribution in [0.5, 0.6) is 0 Å². The van der Waals surface area contributed by atoms with E-state index in [1.807, 2.05) is 0 Å². The van der Waals surface area contributed by atoms with Crippen molar-refractivity contribution in [2.24, 2.45) is 5.92 Å². The summed E-state index contributed by atoms with van der Waals surface area (Å²) in [5.74, 6) is -1.23. The van der Waals surface area contributed by atoms with Gasteiger partial charge in [-0.15, -0.1) is 0 Å². The fourth-order valence-corrected chi connectivity index (χ4v) is 3.86. The quantitative estimate of drug-likeness (QED) is 0.780. The Morgan fingerprint density at radius 2 is 1.91 bits per heavy atom. The van der Waals surface area contributed by atoms with Crippen molar-refractivity contribution in [3.05, 3.63) is 35.4 Å². The molecular weight excluding hydrogens is 343 g/mol. The number of carbonyl (C=O) groups excluding carboxylic acids is 1. The van der Waals surface area contributed by atoms with E-state index in [4.69, 9.17) is 10.7 Å². The Kier molecular flexibility index (Phi) is 4.72. The van der Waals surface area contributed by atoms with Gasteiger partial charge in [0, 0.05) is 36.1 Å². The number of nitrogens with zero attached hydrogens (tertiary/aromatic N) is 1. The first kappa shape index (κ1) is 17.1. The molecule has 22 heavy (non-hydrogen) atoms. The van der Waals surface area contributed by atoms with Gasteiger partial charge in [0.25, 0.3) is 0 Å². The standard InChI is InChI=1S/C13H13ClF3NO3S/c14-22(20,21)8-9-5-12(19)18(6-9)7-10-3-1-2-4-11(10)13(15,16)17/h1-4,9H,5-8H2. The van der Waals surface area contributed by atoms with Crippen LogP contribution in [0.25, 0.3) is 0 Å². The van der Waals surface area contributed by atoms with E-state index in [0.29, 0.717) is 0 Å². The minimum atomic E-state index is -4.50. The first-order valence-electron chi connectivity index (χ1n) is 6.41. The van der Waals surface area contributed by atoms with Crippen LogP contribution >= 0.6 is 10.7 Å². The second-order valence-corrected chi connectivity index (χ2v) is 8.03. The molecule has 0 aliphatic carbocycles. The molecule has 0 saturated carbocycles. The minimum Gasteiger partial charge on any atom is -0.338 e. The number of alkyl halides is 3. The Morgan fingerprint density at radius 1 is 1.27 bits per heavy atom. The Balaban J connectivity index is 2.14. The summed E-state index contributed by atoms with van der Waals surface area (Å²) in [5, 5.41) is 0. The van der Waals surface area contributed by atoms with Crippen molar-refractivity contribution in [1.82, 2.24) is 4.90 Å². The van der Waals surface area contributed by atoms with Crippen LogP contribution in [0.2, 0.25) is 0 Å². The highest BCUT2D eigenvalue weighted by molar-refractivity contribution is 8.13. The van der Waals surface area contributed by atoms with Crippen molar-refractivity contribution in [2.45, 2.75) is 19.1 Å². The molecule has 0 bridgehead atoms. The van der Waals surface area contributed by atoms with Crippen LogP contribution < -0.4 is 0 Å². The van der Waals surface area contributed by atoms with Gasteiger partial charge in [0.2, 0.25) is 15.0 Å². The number of amides is 1. The summed E-state index contributed by atoms with van der Waals surface area (Å²) in [7, 11) is 1.40. The zero-order valence-electron chi connectivity index (χ0n) is 11.3. The third-order valence-corrected chi connectivity index (χ3v) is 4.66. The summed E-state index contributed by atoms with van der Waals surface area (Å²) in [6.07, 6.45) is -4.53. The van der Waals surface area contributed by atoms with Crippen LogP contribution in [0.4, 0.5) is 13.2 Å². The van der Waals surface area contributed by atoms with Gasteiger partial charge in [0.05, 0.1) is 11.3 Å². The molecule has 0 aromatic heterocycles. The van der Waals surface area contributed by atoms with Crippen LogP contribution in [0.3, 0.4) is 0 Å². The second kappa shape index (κ2) is 6.08. The number of likely N-dealkylation sites (tertiary alicyclic amines) is 1. The van der Waals surface area contributed by atoms with Gasteiger partial charge in [0.15, 0.2) is 0 Å². The summed E-state index contributed by atoms with van der Waals surface area (Å²) >= 11 is 0. The third kappa shape index (κ3) is 4.36. The molecule has 1 saturated heterocycles. The maximum Gasteiger partial charge on any atom is 0.416 e. The monoisotopic (exact) mass is 355 g/mol. The molecular formula is C13H13ClF3NO3S. The Hall–Kier alpha value is -1.28. The Labute approximate surface area is 130 Å². The lowest BCUT2D eigenvalue weighted by Gasteiger charge is -2.19. The third-order valence-electron chi connectivity index (χ3n) is 3.41. The van der Waals surface area contributed by atoms with Gasteiger partial charge >= 0.3 is 6.18 Å². The Morgan fingerprint density at radius 3 is 2.50 bits per heavy atom. The molecule has 1 aliphatic heterocycles. The predicted octanol–water partition coefficient (Wildman–Crippen LogP) is 2.62. The van der Waals surface area contributed by atoms with E-state index in [1.54, 1.807) is 0 Å². The molecule has 1 aromatic rings. The van der Waals surface area contributed by atoms with E-state index in [2.05, 4.69) is 0 Å². The summed E-state index contributed by atoms with van der Waals surface area (Å²) in [4.78, 5) is 13.1. The molecule has 1 unspecified atom stereocenters. The van der Waals surface area contributed by atoms with Crippen molar-refractivity contribution in [3.63, 3.8) is 0 Å². The van der Waals surface area contributed by atoms with E-state index < -0.39 is 26.7 Å². The number of rotatable bonds is 4. The number of carbonyl (C=O) groups is 1. The summed E-state index contributed by atoms with van der Waals surface area (Å²) < 4.78 is 60.8. The molecule has 1 aliphatic rings. The van der Waals surface area contributed by atoms with Crippen LogP contribution in [-0.2, 0) is 26.6 Å². The van der Waals surface area contributed by atoms with Gasteiger partial charge in [-0.3, -0.25) is 4.79 Å². The zero-order chi connectivity index (χ0) is 16.5. The maximum atomic E-state index is 12.9. The van der Waals surface area contributed by atoms with Gasteiger partial charge in [-0.25, -0.2) is 8.42 Å². The highest BCUT2D eigenvalue weighted by atomic mass is 35.7. The van der Waals surface area contributed by atoms with Crippen molar-refractivity contribution in [3.8, 4) is 0 Å². The van der Waals surface area contributed by atoms with Crippen LogP contribution in [-0.4, -0.2) is 31.5 Å². The van der Waals surface area contributed by atoms with E-state index in [0.717, 1.165) is 6.07 Å². The summed E-state index contributed by atoms with van der Waals surface area (Å²) in [6.45, 7) is -0.121. The van der Waals surface area contributed by atoms with E-state index in [1.165, 1.54) is 23.1 Å². The lowest BCUT2D eigenvalue weighted by atomic mass is 10.1. The molecule has 1 aromatic carbocycles. The van der Waals surface area contributed by atoms with Gasteiger partial charge in [0.1, 0.15) is 0 Å². The van der Waals surface area contributed by atoms with Gasteiger partial charge in [-0.2, -0.15) is 13.2 Å². The molecule has 1 fully saturated rings. The maximum absolute atomic E-state index is 12.9. The van der Waals surface area contributed by atoms with Gasteiger partial charge < -0.3 is 4.90 Å². The van der Waals surface area contributed by atoms with E-state index >= 15 is 0 Å². The molecule has 0 N–H and O–H groups in total.